The third-order valence-electron chi connectivity index (χ3n) is 13.9. The molecule has 12 rings (SSSR count). The Morgan fingerprint density at radius 3 is 1.47 bits per heavy atom. The summed E-state index contributed by atoms with van der Waals surface area (Å²) in [5, 5.41) is 6.69. The van der Waals surface area contributed by atoms with Crippen LogP contribution >= 0.6 is 0 Å². The minimum atomic E-state index is -0.430. The fourth-order valence-electron chi connectivity index (χ4n) is 10.8. The van der Waals surface area contributed by atoms with Gasteiger partial charge in [-0.15, -0.1) is 0 Å². The molecule has 0 heteroatoms. The highest BCUT2D eigenvalue weighted by atomic mass is 14.4. The molecule has 0 fully saturated rings. The van der Waals surface area contributed by atoms with Crippen LogP contribution in [-0.2, 0) is 10.8 Å². The van der Waals surface area contributed by atoms with Crippen LogP contribution in [0.15, 0.2) is 194 Å². The molecule has 0 aliphatic heterocycles. The lowest BCUT2D eigenvalue weighted by Crippen LogP contribution is -2.34. The van der Waals surface area contributed by atoms with Gasteiger partial charge in [-0.1, -0.05) is 209 Å². The molecular formula is C62H48. The van der Waals surface area contributed by atoms with Gasteiger partial charge in [-0.25, -0.2) is 0 Å². The lowest BCUT2D eigenvalue weighted by Gasteiger charge is -2.43. The number of fused-ring (bicyclic) bond motifs is 3. The molecule has 11 aromatic carbocycles. The van der Waals surface area contributed by atoms with Gasteiger partial charge in [0, 0.05) is 0 Å². The second kappa shape index (κ2) is 13.7. The van der Waals surface area contributed by atoms with E-state index < -0.39 is 24.2 Å². The molecule has 0 spiro atoms. The number of hydrogen-bond donors (Lipinski definition) is 0. The molecule has 0 radical (unpaired) electrons. The lowest BCUT2D eigenvalue weighted by atomic mass is 9.61. The molecule has 296 valence electrons. The van der Waals surface area contributed by atoms with Crippen molar-refractivity contribution < 1.29 is 11.0 Å². The first kappa shape index (κ1) is 29.3. The zero-order valence-electron chi connectivity index (χ0n) is 43.3. The maximum absolute atomic E-state index is 10.0. The highest BCUT2D eigenvalue weighted by molar-refractivity contribution is 6.30. The molecule has 0 aromatic heterocycles. The van der Waals surface area contributed by atoms with Crippen LogP contribution in [0.25, 0.3) is 109 Å². The molecule has 0 saturated heterocycles. The van der Waals surface area contributed by atoms with E-state index in [1.807, 2.05) is 84.9 Å². The van der Waals surface area contributed by atoms with Gasteiger partial charge in [0.25, 0.3) is 0 Å². The second-order valence-electron chi connectivity index (χ2n) is 18.4. The van der Waals surface area contributed by atoms with Gasteiger partial charge in [-0.2, -0.15) is 0 Å². The molecule has 0 heterocycles. The zero-order valence-corrected chi connectivity index (χ0v) is 35.3. The van der Waals surface area contributed by atoms with Crippen molar-refractivity contribution in [1.29, 1.82) is 0 Å². The summed E-state index contributed by atoms with van der Waals surface area (Å²) in [6.45, 7) is 9.31. The summed E-state index contributed by atoms with van der Waals surface area (Å²) in [7, 11) is 0. The molecule has 0 saturated carbocycles. The average Bonchev–Trinajstić information content (AvgIpc) is 3.38. The molecule has 11 aromatic rings. The first-order valence-corrected chi connectivity index (χ1v) is 21.7. The predicted molar refractivity (Wildman–Crippen MR) is 268 cm³/mol. The van der Waals surface area contributed by atoms with Crippen LogP contribution in [0.5, 0.6) is 0 Å². The highest BCUT2D eigenvalue weighted by Gasteiger charge is 2.39. The van der Waals surface area contributed by atoms with Crippen LogP contribution in [0.3, 0.4) is 0 Å². The summed E-state index contributed by atoms with van der Waals surface area (Å²) in [6, 6.07) is 46.6. The Labute approximate surface area is 375 Å². The van der Waals surface area contributed by atoms with Gasteiger partial charge in [0.15, 0.2) is 0 Å². The van der Waals surface area contributed by atoms with Crippen LogP contribution in [0.2, 0.25) is 0 Å². The third kappa shape index (κ3) is 5.52. The zero-order chi connectivity index (χ0) is 48.7. The van der Waals surface area contributed by atoms with Gasteiger partial charge in [0.05, 0.1) is 11.0 Å². The molecule has 0 nitrogen and oxygen atoms in total. The topological polar surface area (TPSA) is 0 Å². The van der Waals surface area contributed by atoms with E-state index in [0.29, 0.717) is 22.3 Å². The van der Waals surface area contributed by atoms with Crippen molar-refractivity contribution in [2.45, 2.75) is 51.4 Å². The summed E-state index contributed by atoms with van der Waals surface area (Å²) in [4.78, 5) is 0. The minimum absolute atomic E-state index is 0.0497. The summed E-state index contributed by atoms with van der Waals surface area (Å²) in [5.74, 6) is 0. The van der Waals surface area contributed by atoms with Crippen LogP contribution in [0, 0.1) is 0 Å². The van der Waals surface area contributed by atoms with Gasteiger partial charge in [-0.05, 0) is 156 Å². The average molecular weight is 801 g/mol. The first-order valence-electron chi connectivity index (χ1n) is 25.7. The number of rotatable bonds is 5. The largest absolute Gasteiger partial charge is 0.0629 e. The molecule has 0 atom stereocenters. The Morgan fingerprint density at radius 1 is 0.371 bits per heavy atom. The van der Waals surface area contributed by atoms with Gasteiger partial charge < -0.3 is 0 Å². The van der Waals surface area contributed by atoms with Crippen LogP contribution in [0.4, 0.5) is 0 Å². The highest BCUT2D eigenvalue weighted by Crippen LogP contribution is 2.54. The predicted octanol–water partition coefficient (Wildman–Crippen LogP) is 17.6. The molecule has 0 bridgehead atoms. The van der Waals surface area contributed by atoms with E-state index in [4.69, 9.17) is 0 Å². The molecular weight excluding hydrogens is 745 g/mol. The second-order valence-corrected chi connectivity index (χ2v) is 18.4. The molecule has 62 heavy (non-hydrogen) atoms. The van der Waals surface area contributed by atoms with Crippen molar-refractivity contribution in [3.63, 3.8) is 0 Å². The summed E-state index contributed by atoms with van der Waals surface area (Å²) in [6.07, 6.45) is 2.07. The normalized spacial score (nSPS) is 16.4. The Bertz CT molecular complexity index is 3860. The van der Waals surface area contributed by atoms with E-state index in [-0.39, 0.29) is 56.5 Å². The van der Waals surface area contributed by atoms with Crippen LogP contribution in [0.1, 0.15) is 62.6 Å². The number of benzene rings is 11. The number of hydrogen-bond acceptors (Lipinski definition) is 0. The SMILES string of the molecule is [2H]c1c([2H])c([2H])c2c(-c3ccc4ccc5cccc6ccc3c4c56)c3c([2H])c([2H])c([2H])c([2H])c3c(-c3c(-c4ccccc4)cc(-c4cccc5c4C(C)(C)CCC5(C)C)cc3-c3ccccc3)c2c1[2H]. The summed E-state index contributed by atoms with van der Waals surface area (Å²) in [5.41, 5.74) is 9.63. The molecule has 0 N–H and O–H groups in total. The summed E-state index contributed by atoms with van der Waals surface area (Å²) < 4.78 is 77.2. The molecule has 1 aliphatic carbocycles. The Morgan fingerprint density at radius 2 is 0.871 bits per heavy atom. The van der Waals surface area contributed by atoms with Crippen molar-refractivity contribution in [3.05, 3.63) is 205 Å². The van der Waals surface area contributed by atoms with Crippen molar-refractivity contribution in [1.82, 2.24) is 0 Å². The Hall–Kier alpha value is -7.02. The van der Waals surface area contributed by atoms with Crippen molar-refractivity contribution in [3.8, 4) is 55.6 Å². The van der Waals surface area contributed by atoms with Crippen LogP contribution in [-0.4, -0.2) is 0 Å². The molecule has 0 unspecified atom stereocenters. The van der Waals surface area contributed by atoms with E-state index in [2.05, 4.69) is 88.4 Å². The van der Waals surface area contributed by atoms with Gasteiger partial charge in [0.1, 0.15) is 0 Å². The van der Waals surface area contributed by atoms with Crippen molar-refractivity contribution >= 4 is 53.9 Å². The van der Waals surface area contributed by atoms with E-state index in [1.165, 1.54) is 11.1 Å². The van der Waals surface area contributed by atoms with E-state index >= 15 is 0 Å². The van der Waals surface area contributed by atoms with Crippen molar-refractivity contribution in [2.24, 2.45) is 0 Å². The third-order valence-corrected chi connectivity index (χ3v) is 13.9. The molecule has 0 amide bonds. The lowest BCUT2D eigenvalue weighted by molar-refractivity contribution is 0.333. The first-order chi connectivity index (χ1) is 33.6. The quantitative estimate of drug-likeness (QED) is 0.120. The van der Waals surface area contributed by atoms with E-state index in [9.17, 15) is 11.0 Å². The van der Waals surface area contributed by atoms with Crippen molar-refractivity contribution in [2.75, 3.05) is 0 Å². The van der Waals surface area contributed by atoms with Gasteiger partial charge in [-0.3, -0.25) is 0 Å². The van der Waals surface area contributed by atoms with Gasteiger partial charge >= 0.3 is 0 Å². The maximum atomic E-state index is 10.0. The fraction of sp³-hybridized carbons (Fsp3) is 0.129. The Kier molecular flexibility index (Phi) is 6.49. The van der Waals surface area contributed by atoms with E-state index in [1.54, 1.807) is 0 Å². The van der Waals surface area contributed by atoms with Gasteiger partial charge in [0.2, 0.25) is 0 Å². The monoisotopic (exact) mass is 800 g/mol. The van der Waals surface area contributed by atoms with E-state index in [0.717, 1.165) is 78.5 Å². The standard InChI is InChI=1S/C62H48/c1-61(2)35-36-62(3,4)60-45(27-16-28-54(60)61)44-37-52(39-17-7-5-8-18-39)59(53(38-44)40-19-9-6-10-20-40)58-48-25-13-11-23-46(48)57(47-24-12-14-26-49(47)58)51-34-32-43-30-29-41-21-15-22-42-31-33-50(51)56(43)55(41)42/h5-34,37-38H,35-36H2,1-4H3/i11D,12D,13D,14D,23D,24D,25D,26D. The van der Waals surface area contributed by atoms with Crippen LogP contribution < -0.4 is 0 Å². The Balaban J connectivity index is 1.33. The summed E-state index contributed by atoms with van der Waals surface area (Å²) >= 11 is 0. The smallest absolute Gasteiger partial charge is 0.0622 e. The maximum Gasteiger partial charge on any atom is 0.0629 e. The minimum Gasteiger partial charge on any atom is -0.0622 e. The molecule has 1 aliphatic rings. The fourth-order valence-corrected chi connectivity index (χ4v) is 10.8.